The third-order valence-corrected chi connectivity index (χ3v) is 5.42. The Morgan fingerprint density at radius 2 is 1.81 bits per heavy atom. The van der Waals surface area contributed by atoms with Crippen LogP contribution in [0.3, 0.4) is 0 Å². The number of hydrogen-bond donors (Lipinski definition) is 1. The van der Waals surface area contributed by atoms with Crippen LogP contribution in [0.15, 0.2) is 42.5 Å². The highest BCUT2D eigenvalue weighted by atomic mass is 35.5. The molecule has 0 unspecified atom stereocenters. The summed E-state index contributed by atoms with van der Waals surface area (Å²) in [5.41, 5.74) is 2.01. The van der Waals surface area contributed by atoms with Crippen molar-refractivity contribution in [3.63, 3.8) is 0 Å². The number of carbonyl (C=O) groups is 1. The van der Waals surface area contributed by atoms with Crippen molar-refractivity contribution in [2.45, 2.75) is 13.0 Å². The lowest BCUT2D eigenvalue weighted by Crippen LogP contribution is -2.52. The van der Waals surface area contributed by atoms with E-state index in [-0.39, 0.29) is 11.9 Å². The van der Waals surface area contributed by atoms with Crippen molar-refractivity contribution in [2.24, 2.45) is 0 Å². The summed E-state index contributed by atoms with van der Waals surface area (Å²) in [6.07, 6.45) is 0. The monoisotopic (exact) mass is 402 g/mol. The number of anilines is 2. The van der Waals surface area contributed by atoms with Crippen LogP contribution in [-0.2, 0) is 4.79 Å². The van der Waals surface area contributed by atoms with Crippen LogP contribution in [0.1, 0.15) is 12.5 Å². The van der Waals surface area contributed by atoms with Crippen LogP contribution in [0, 0.1) is 11.3 Å². The summed E-state index contributed by atoms with van der Waals surface area (Å²) in [6, 6.07) is 14.4. The molecule has 1 heterocycles. The Labute approximate surface area is 169 Å². The maximum atomic E-state index is 12.6. The second-order valence-corrected chi connectivity index (χ2v) is 7.26. The van der Waals surface area contributed by atoms with E-state index in [1.54, 1.807) is 18.2 Å². The molecule has 1 saturated heterocycles. The lowest BCUT2D eigenvalue weighted by atomic mass is 10.1. The second-order valence-electron chi connectivity index (χ2n) is 6.45. The van der Waals surface area contributed by atoms with E-state index in [0.717, 1.165) is 36.9 Å². The van der Waals surface area contributed by atoms with E-state index in [0.29, 0.717) is 16.3 Å². The fourth-order valence-electron chi connectivity index (χ4n) is 3.15. The minimum atomic E-state index is -0.271. The van der Waals surface area contributed by atoms with Crippen LogP contribution >= 0.6 is 23.2 Å². The molecule has 2 aromatic rings. The van der Waals surface area contributed by atoms with Crippen molar-refractivity contribution in [1.29, 1.82) is 5.26 Å². The summed E-state index contributed by atoms with van der Waals surface area (Å²) in [4.78, 5) is 17.0. The quantitative estimate of drug-likeness (QED) is 0.838. The molecule has 1 fully saturated rings. The first-order valence-corrected chi connectivity index (χ1v) is 9.49. The van der Waals surface area contributed by atoms with Gasteiger partial charge >= 0.3 is 0 Å². The molecule has 0 aromatic heterocycles. The minimum absolute atomic E-state index is 0.0954. The molecule has 3 rings (SSSR count). The largest absolute Gasteiger partial charge is 0.368 e. The Hall–Kier alpha value is -2.26. The molecule has 140 valence electrons. The topological polar surface area (TPSA) is 59.4 Å². The van der Waals surface area contributed by atoms with Crippen molar-refractivity contribution in [3.05, 3.63) is 58.1 Å². The van der Waals surface area contributed by atoms with Crippen LogP contribution in [0.25, 0.3) is 0 Å². The van der Waals surface area contributed by atoms with Gasteiger partial charge in [-0.25, -0.2) is 0 Å². The number of nitriles is 1. The average molecular weight is 403 g/mol. The zero-order valence-electron chi connectivity index (χ0n) is 15.0. The first-order chi connectivity index (χ1) is 13.0. The van der Waals surface area contributed by atoms with Gasteiger partial charge in [0.2, 0.25) is 5.91 Å². The lowest BCUT2D eigenvalue weighted by Gasteiger charge is -2.38. The third-order valence-electron chi connectivity index (χ3n) is 4.79. The van der Waals surface area contributed by atoms with Gasteiger partial charge in [-0.1, -0.05) is 35.3 Å². The molecule has 27 heavy (non-hydrogen) atoms. The molecular formula is C20H20Cl2N4O. The van der Waals surface area contributed by atoms with Crippen LogP contribution in [0.2, 0.25) is 10.0 Å². The van der Waals surface area contributed by atoms with Gasteiger partial charge in [0.1, 0.15) is 6.07 Å². The molecule has 1 aliphatic rings. The highest BCUT2D eigenvalue weighted by Crippen LogP contribution is 2.26. The van der Waals surface area contributed by atoms with Crippen LogP contribution in [0.4, 0.5) is 11.4 Å². The highest BCUT2D eigenvalue weighted by molar-refractivity contribution is 6.33. The summed E-state index contributed by atoms with van der Waals surface area (Å²) >= 11 is 12.3. The standard InChI is InChI=1S/C20H20Cl2N4O/c1-14(20(27)24-16-7-6-15(13-23)18(22)12-16)25-8-10-26(11-9-25)19-5-3-2-4-17(19)21/h2-7,12,14H,8-11H2,1H3,(H,24,27)/t14-/m1/s1. The Morgan fingerprint density at radius 3 is 2.44 bits per heavy atom. The number of benzene rings is 2. The number of para-hydroxylation sites is 1. The van der Waals surface area contributed by atoms with E-state index >= 15 is 0 Å². The minimum Gasteiger partial charge on any atom is -0.368 e. The molecule has 1 atom stereocenters. The van der Waals surface area contributed by atoms with Gasteiger partial charge in [0.25, 0.3) is 0 Å². The molecule has 0 saturated carbocycles. The molecule has 0 bridgehead atoms. The Kier molecular flexibility index (Phi) is 6.22. The zero-order valence-corrected chi connectivity index (χ0v) is 16.5. The van der Waals surface area contributed by atoms with Gasteiger partial charge in [-0.15, -0.1) is 0 Å². The number of nitrogens with one attached hydrogen (secondary N) is 1. The van der Waals surface area contributed by atoms with Gasteiger partial charge in [-0.2, -0.15) is 5.26 Å². The smallest absolute Gasteiger partial charge is 0.241 e. The maximum Gasteiger partial charge on any atom is 0.241 e. The lowest BCUT2D eigenvalue weighted by molar-refractivity contribution is -0.120. The Balaban J connectivity index is 1.58. The number of halogens is 2. The molecule has 7 heteroatoms. The summed E-state index contributed by atoms with van der Waals surface area (Å²) < 4.78 is 0. The maximum absolute atomic E-state index is 12.6. The van der Waals surface area contributed by atoms with Crippen LogP contribution in [0.5, 0.6) is 0 Å². The van der Waals surface area contributed by atoms with Crippen molar-refractivity contribution in [2.75, 3.05) is 36.4 Å². The van der Waals surface area contributed by atoms with Gasteiger partial charge in [0.15, 0.2) is 0 Å². The fourth-order valence-corrected chi connectivity index (χ4v) is 3.63. The molecule has 1 amide bonds. The van der Waals surface area contributed by atoms with Gasteiger partial charge < -0.3 is 10.2 Å². The SMILES string of the molecule is C[C@H](C(=O)Nc1ccc(C#N)c(Cl)c1)N1CCN(c2ccccc2Cl)CC1. The van der Waals surface area contributed by atoms with Crippen LogP contribution < -0.4 is 10.2 Å². The average Bonchev–Trinajstić information content (AvgIpc) is 2.68. The molecule has 0 radical (unpaired) electrons. The van der Waals surface area contributed by atoms with Gasteiger partial charge in [-0.05, 0) is 37.3 Å². The van der Waals surface area contributed by atoms with Crippen molar-refractivity contribution in [1.82, 2.24) is 4.90 Å². The third kappa shape index (κ3) is 4.54. The molecule has 0 spiro atoms. The first-order valence-electron chi connectivity index (χ1n) is 8.73. The normalized spacial score (nSPS) is 15.9. The molecule has 1 aliphatic heterocycles. The Morgan fingerprint density at radius 1 is 1.11 bits per heavy atom. The zero-order chi connectivity index (χ0) is 19.4. The van der Waals surface area contributed by atoms with Gasteiger partial charge in [0, 0.05) is 31.9 Å². The van der Waals surface area contributed by atoms with E-state index in [2.05, 4.69) is 15.1 Å². The number of nitrogens with zero attached hydrogens (tertiary/aromatic N) is 3. The molecule has 5 nitrogen and oxygen atoms in total. The van der Waals surface area contributed by atoms with E-state index in [9.17, 15) is 4.79 Å². The molecule has 1 N–H and O–H groups in total. The number of piperazine rings is 1. The second kappa shape index (κ2) is 8.62. The van der Waals surface area contributed by atoms with Crippen LogP contribution in [-0.4, -0.2) is 43.0 Å². The first kappa shape index (κ1) is 19.5. The summed E-state index contributed by atoms with van der Waals surface area (Å²) in [7, 11) is 0. The summed E-state index contributed by atoms with van der Waals surface area (Å²) in [5.74, 6) is -0.0954. The highest BCUT2D eigenvalue weighted by Gasteiger charge is 2.26. The van der Waals surface area contributed by atoms with E-state index in [1.807, 2.05) is 37.3 Å². The van der Waals surface area contributed by atoms with Gasteiger partial charge in [0.05, 0.1) is 27.3 Å². The number of amides is 1. The predicted octanol–water partition coefficient (Wildman–Crippen LogP) is 4.01. The predicted molar refractivity (Wildman–Crippen MR) is 109 cm³/mol. The number of rotatable bonds is 4. The van der Waals surface area contributed by atoms with Crippen molar-refractivity contribution >= 4 is 40.5 Å². The number of hydrogen-bond acceptors (Lipinski definition) is 4. The number of carbonyl (C=O) groups excluding carboxylic acids is 1. The Bertz CT molecular complexity index is 873. The van der Waals surface area contributed by atoms with E-state index < -0.39 is 0 Å². The summed E-state index contributed by atoms with van der Waals surface area (Å²) in [6.45, 7) is 5.06. The van der Waals surface area contributed by atoms with Crippen molar-refractivity contribution in [3.8, 4) is 6.07 Å². The van der Waals surface area contributed by atoms with Crippen molar-refractivity contribution < 1.29 is 4.79 Å². The fraction of sp³-hybridized carbons (Fsp3) is 0.300. The van der Waals surface area contributed by atoms with E-state index in [4.69, 9.17) is 28.5 Å². The summed E-state index contributed by atoms with van der Waals surface area (Å²) in [5, 5.41) is 12.9. The van der Waals surface area contributed by atoms with E-state index in [1.165, 1.54) is 0 Å². The van der Waals surface area contributed by atoms with Gasteiger partial charge in [-0.3, -0.25) is 9.69 Å². The molecular weight excluding hydrogens is 383 g/mol. The molecule has 2 aromatic carbocycles. The molecule has 0 aliphatic carbocycles.